The van der Waals surface area contributed by atoms with E-state index in [0.29, 0.717) is 30.4 Å². The number of hydrogen-bond donors (Lipinski definition) is 1. The van der Waals surface area contributed by atoms with Gasteiger partial charge in [-0.3, -0.25) is 9.59 Å². The first-order valence-corrected chi connectivity index (χ1v) is 6.58. The predicted octanol–water partition coefficient (Wildman–Crippen LogP) is 1.29. The van der Waals surface area contributed by atoms with Gasteiger partial charge in [0.2, 0.25) is 5.91 Å². The van der Waals surface area contributed by atoms with Gasteiger partial charge in [0.15, 0.2) is 11.5 Å². The number of carboxylic acids is 1. The topological polar surface area (TPSA) is 76.1 Å². The maximum absolute atomic E-state index is 11.9. The molecule has 0 spiro atoms. The highest BCUT2D eigenvalue weighted by molar-refractivity contribution is 5.99. The highest BCUT2D eigenvalue weighted by Crippen LogP contribution is 2.35. The minimum absolute atomic E-state index is 0.0454. The van der Waals surface area contributed by atoms with Crippen LogP contribution in [0.2, 0.25) is 0 Å². The lowest BCUT2D eigenvalue weighted by Gasteiger charge is -2.18. The second-order valence-electron chi connectivity index (χ2n) is 4.93. The predicted molar refractivity (Wildman–Crippen MR) is 70.1 cm³/mol. The number of carbonyl (C=O) groups excluding carboxylic acids is 1. The lowest BCUT2D eigenvalue weighted by Crippen LogP contribution is -2.25. The molecule has 0 saturated carbocycles. The summed E-state index contributed by atoms with van der Waals surface area (Å²) in [5, 5.41) is 9.00. The third-order valence-corrected chi connectivity index (χ3v) is 3.52. The van der Waals surface area contributed by atoms with E-state index in [4.69, 9.17) is 14.6 Å². The fraction of sp³-hybridized carbons (Fsp3) is 0.429. The molecule has 1 fully saturated rings. The minimum atomic E-state index is -0.935. The molecule has 6 heteroatoms. The van der Waals surface area contributed by atoms with Crippen molar-refractivity contribution in [1.29, 1.82) is 0 Å². The highest BCUT2D eigenvalue weighted by atomic mass is 16.5. The standard InChI is InChI=1S/C14H15NO5/c16-13-6-9(14(17)18)8-15(13)10-2-3-11-12(7-10)20-5-1-4-19-11/h2-3,7,9H,1,4-6,8H2,(H,17,18). The van der Waals surface area contributed by atoms with Crippen LogP contribution >= 0.6 is 0 Å². The van der Waals surface area contributed by atoms with Crippen molar-refractivity contribution in [3.05, 3.63) is 18.2 Å². The number of nitrogens with zero attached hydrogens (tertiary/aromatic N) is 1. The monoisotopic (exact) mass is 277 g/mol. The molecule has 1 N–H and O–H groups in total. The van der Waals surface area contributed by atoms with Crippen LogP contribution in [-0.4, -0.2) is 36.7 Å². The number of anilines is 1. The molecule has 1 aromatic rings. The van der Waals surface area contributed by atoms with Crippen molar-refractivity contribution in [2.75, 3.05) is 24.7 Å². The van der Waals surface area contributed by atoms with E-state index in [1.54, 1.807) is 18.2 Å². The van der Waals surface area contributed by atoms with Crippen LogP contribution in [0.3, 0.4) is 0 Å². The van der Waals surface area contributed by atoms with Gasteiger partial charge in [-0.25, -0.2) is 0 Å². The van der Waals surface area contributed by atoms with E-state index in [1.165, 1.54) is 4.90 Å². The zero-order chi connectivity index (χ0) is 14.1. The number of fused-ring (bicyclic) bond motifs is 1. The molecule has 0 aliphatic carbocycles. The lowest BCUT2D eigenvalue weighted by atomic mass is 10.1. The lowest BCUT2D eigenvalue weighted by molar-refractivity contribution is -0.141. The molecular formula is C14H15NO5. The summed E-state index contributed by atoms with van der Waals surface area (Å²) in [4.78, 5) is 24.4. The smallest absolute Gasteiger partial charge is 0.308 e. The van der Waals surface area contributed by atoms with Crippen LogP contribution in [0.25, 0.3) is 0 Å². The van der Waals surface area contributed by atoms with Gasteiger partial charge in [0.1, 0.15) is 0 Å². The molecule has 2 aliphatic rings. The quantitative estimate of drug-likeness (QED) is 0.881. The van der Waals surface area contributed by atoms with Gasteiger partial charge < -0.3 is 19.5 Å². The van der Waals surface area contributed by atoms with Gasteiger partial charge in [-0.2, -0.15) is 0 Å². The number of ether oxygens (including phenoxy) is 2. The average molecular weight is 277 g/mol. The van der Waals surface area contributed by atoms with Crippen LogP contribution in [0, 0.1) is 5.92 Å². The maximum Gasteiger partial charge on any atom is 0.308 e. The summed E-state index contributed by atoms with van der Waals surface area (Å²) in [5.74, 6) is -0.486. The molecule has 3 rings (SSSR count). The molecule has 1 atom stereocenters. The molecule has 1 saturated heterocycles. The molecule has 2 aliphatic heterocycles. The Bertz CT molecular complexity index is 556. The van der Waals surface area contributed by atoms with Crippen molar-refractivity contribution in [2.24, 2.45) is 5.92 Å². The molecule has 0 radical (unpaired) electrons. The highest BCUT2D eigenvalue weighted by Gasteiger charge is 2.35. The zero-order valence-corrected chi connectivity index (χ0v) is 10.9. The van der Waals surface area contributed by atoms with Gasteiger partial charge in [-0.1, -0.05) is 0 Å². The summed E-state index contributed by atoms with van der Waals surface area (Å²) in [6.07, 6.45) is 0.859. The SMILES string of the molecule is O=C(O)C1CC(=O)N(c2ccc3c(c2)OCCCO3)C1. The van der Waals surface area contributed by atoms with E-state index in [9.17, 15) is 9.59 Å². The molecule has 0 bridgehead atoms. The Morgan fingerprint density at radius 2 is 2.00 bits per heavy atom. The maximum atomic E-state index is 11.9. The molecule has 0 aromatic heterocycles. The fourth-order valence-corrected chi connectivity index (χ4v) is 2.44. The van der Waals surface area contributed by atoms with Crippen LogP contribution < -0.4 is 14.4 Å². The van der Waals surface area contributed by atoms with Crippen LogP contribution in [0.15, 0.2) is 18.2 Å². The largest absolute Gasteiger partial charge is 0.490 e. The number of carboxylic acid groups (broad SMARTS) is 1. The molecule has 2 heterocycles. The summed E-state index contributed by atoms with van der Waals surface area (Å²) < 4.78 is 11.1. The molecule has 6 nitrogen and oxygen atoms in total. The number of aliphatic carboxylic acids is 1. The van der Waals surface area contributed by atoms with E-state index in [0.717, 1.165) is 6.42 Å². The normalized spacial score (nSPS) is 21.7. The Kier molecular flexibility index (Phi) is 3.22. The number of rotatable bonds is 2. The van der Waals surface area contributed by atoms with Crippen molar-refractivity contribution in [1.82, 2.24) is 0 Å². The van der Waals surface area contributed by atoms with Gasteiger partial charge in [0, 0.05) is 31.1 Å². The third kappa shape index (κ3) is 2.29. The Hall–Kier alpha value is -2.24. The average Bonchev–Trinajstić information content (AvgIpc) is 2.68. The van der Waals surface area contributed by atoms with Gasteiger partial charge in [-0.05, 0) is 12.1 Å². The first kappa shape index (κ1) is 12.8. The number of amides is 1. The van der Waals surface area contributed by atoms with E-state index in [1.807, 2.05) is 0 Å². The van der Waals surface area contributed by atoms with Crippen LogP contribution in [0.5, 0.6) is 11.5 Å². The van der Waals surface area contributed by atoms with Crippen LogP contribution in [-0.2, 0) is 9.59 Å². The van der Waals surface area contributed by atoms with Gasteiger partial charge >= 0.3 is 5.97 Å². The second kappa shape index (κ2) is 5.03. The third-order valence-electron chi connectivity index (χ3n) is 3.52. The summed E-state index contributed by atoms with van der Waals surface area (Å²) in [5.41, 5.74) is 0.656. The Morgan fingerprint density at radius 3 is 2.70 bits per heavy atom. The molecule has 106 valence electrons. The number of hydrogen-bond acceptors (Lipinski definition) is 4. The molecule has 20 heavy (non-hydrogen) atoms. The van der Waals surface area contributed by atoms with Crippen LogP contribution in [0.1, 0.15) is 12.8 Å². The minimum Gasteiger partial charge on any atom is -0.490 e. The molecule has 1 unspecified atom stereocenters. The summed E-state index contributed by atoms with van der Waals surface area (Å²) in [6.45, 7) is 1.38. The van der Waals surface area contributed by atoms with Gasteiger partial charge in [-0.15, -0.1) is 0 Å². The van der Waals surface area contributed by atoms with Gasteiger partial charge in [0.25, 0.3) is 0 Å². The summed E-state index contributed by atoms with van der Waals surface area (Å²) in [7, 11) is 0. The number of carbonyl (C=O) groups is 2. The van der Waals surface area contributed by atoms with Crippen molar-refractivity contribution in [3.63, 3.8) is 0 Å². The fourth-order valence-electron chi connectivity index (χ4n) is 2.44. The zero-order valence-electron chi connectivity index (χ0n) is 10.9. The Labute approximate surface area is 115 Å². The molecular weight excluding hydrogens is 262 g/mol. The second-order valence-corrected chi connectivity index (χ2v) is 4.93. The van der Waals surface area contributed by atoms with Crippen molar-refractivity contribution < 1.29 is 24.2 Å². The van der Waals surface area contributed by atoms with E-state index < -0.39 is 11.9 Å². The molecule has 1 aromatic carbocycles. The van der Waals surface area contributed by atoms with Gasteiger partial charge in [0.05, 0.1) is 19.1 Å². The first-order valence-electron chi connectivity index (χ1n) is 6.58. The van der Waals surface area contributed by atoms with E-state index >= 15 is 0 Å². The summed E-state index contributed by atoms with van der Waals surface area (Å²) in [6, 6.07) is 5.26. The van der Waals surface area contributed by atoms with E-state index in [2.05, 4.69) is 0 Å². The van der Waals surface area contributed by atoms with Crippen molar-refractivity contribution in [3.8, 4) is 11.5 Å². The first-order chi connectivity index (χ1) is 9.65. The Morgan fingerprint density at radius 1 is 1.25 bits per heavy atom. The number of benzene rings is 1. The molecule has 1 amide bonds. The van der Waals surface area contributed by atoms with E-state index in [-0.39, 0.29) is 18.9 Å². The Balaban J connectivity index is 1.86. The van der Waals surface area contributed by atoms with Crippen molar-refractivity contribution in [2.45, 2.75) is 12.8 Å². The van der Waals surface area contributed by atoms with Crippen molar-refractivity contribution >= 4 is 17.6 Å². The summed E-state index contributed by atoms with van der Waals surface area (Å²) >= 11 is 0. The van der Waals surface area contributed by atoms with Crippen LogP contribution in [0.4, 0.5) is 5.69 Å².